The lowest BCUT2D eigenvalue weighted by molar-refractivity contribution is 0.0181. The normalized spacial score (nSPS) is 19.2. The zero-order valence-electron chi connectivity index (χ0n) is 11.9. The molecule has 0 spiro atoms. The molecule has 0 aromatic carbocycles. The van der Waals surface area contributed by atoms with Crippen LogP contribution in [0.5, 0.6) is 0 Å². The molecule has 1 atom stereocenters. The molecule has 1 rings (SSSR count). The molecule has 18 heavy (non-hydrogen) atoms. The Morgan fingerprint density at radius 2 is 2.00 bits per heavy atom. The highest BCUT2D eigenvalue weighted by Crippen LogP contribution is 2.24. The van der Waals surface area contributed by atoms with Gasteiger partial charge >= 0.3 is 6.09 Å². The first-order valence-corrected chi connectivity index (χ1v) is 6.66. The van der Waals surface area contributed by atoms with E-state index in [-0.39, 0.29) is 12.1 Å². The fraction of sp³-hybridized carbons (Fsp3) is 0.857. The van der Waals surface area contributed by atoms with Crippen LogP contribution in [0.15, 0.2) is 0 Å². The van der Waals surface area contributed by atoms with Gasteiger partial charge in [-0.1, -0.05) is 0 Å². The van der Waals surface area contributed by atoms with Crippen LogP contribution in [0.4, 0.5) is 4.79 Å². The summed E-state index contributed by atoms with van der Waals surface area (Å²) >= 11 is 0. The van der Waals surface area contributed by atoms with Gasteiger partial charge in [-0.2, -0.15) is 0 Å². The van der Waals surface area contributed by atoms with Gasteiger partial charge in [0.1, 0.15) is 5.60 Å². The van der Waals surface area contributed by atoms with E-state index in [0.717, 1.165) is 32.4 Å². The maximum atomic E-state index is 11.9. The monoisotopic (exact) mass is 252 g/mol. The first kappa shape index (κ1) is 14.8. The van der Waals surface area contributed by atoms with Crippen molar-refractivity contribution in [1.82, 2.24) is 4.90 Å². The van der Waals surface area contributed by atoms with E-state index in [1.165, 1.54) is 0 Å². The molecule has 0 saturated carbocycles. The zero-order valence-corrected chi connectivity index (χ0v) is 11.9. The molecule has 0 aromatic heterocycles. The molecule has 102 valence electrons. The molecule has 1 aliphatic rings. The van der Waals surface area contributed by atoms with Crippen LogP contribution in [-0.4, -0.2) is 35.7 Å². The van der Waals surface area contributed by atoms with Crippen molar-refractivity contribution in [3.05, 3.63) is 11.4 Å². The number of hydrogen-bond acceptors (Lipinski definition) is 2. The van der Waals surface area contributed by atoms with Gasteiger partial charge in [0.2, 0.25) is 6.04 Å². The second kappa shape index (κ2) is 6.08. The second-order valence-electron chi connectivity index (χ2n) is 6.12. The second-order valence-corrected chi connectivity index (χ2v) is 6.12. The predicted molar refractivity (Wildman–Crippen MR) is 71.2 cm³/mol. The van der Waals surface area contributed by atoms with Crippen molar-refractivity contribution >= 4 is 6.09 Å². The van der Waals surface area contributed by atoms with Gasteiger partial charge in [0.05, 0.1) is 0 Å². The third-order valence-electron chi connectivity index (χ3n) is 3.16. The summed E-state index contributed by atoms with van der Waals surface area (Å²) in [5.41, 5.74) is -0.424. The average molecular weight is 252 g/mol. The van der Waals surface area contributed by atoms with Gasteiger partial charge in [0, 0.05) is 26.4 Å². The molecule has 1 heterocycles. The average Bonchev–Trinajstić information content (AvgIpc) is 2.27. The van der Waals surface area contributed by atoms with Gasteiger partial charge in [0.25, 0.3) is 0 Å². The Morgan fingerprint density at radius 3 is 2.44 bits per heavy atom. The van der Waals surface area contributed by atoms with E-state index in [4.69, 9.17) is 11.3 Å². The number of amides is 1. The first-order chi connectivity index (χ1) is 8.31. The van der Waals surface area contributed by atoms with Crippen LogP contribution in [0.25, 0.3) is 4.85 Å². The summed E-state index contributed by atoms with van der Waals surface area (Å²) in [6.07, 6.45) is 2.71. The third-order valence-corrected chi connectivity index (χ3v) is 3.16. The van der Waals surface area contributed by atoms with Gasteiger partial charge in [-0.05, 0) is 39.5 Å². The van der Waals surface area contributed by atoms with Crippen molar-refractivity contribution < 1.29 is 9.53 Å². The fourth-order valence-corrected chi connectivity index (χ4v) is 2.21. The summed E-state index contributed by atoms with van der Waals surface area (Å²) in [4.78, 5) is 17.2. The zero-order chi connectivity index (χ0) is 13.8. The van der Waals surface area contributed by atoms with Crippen LogP contribution in [0.2, 0.25) is 0 Å². The van der Waals surface area contributed by atoms with Gasteiger partial charge in [-0.15, -0.1) is 0 Å². The quantitative estimate of drug-likeness (QED) is 0.706. The topological polar surface area (TPSA) is 33.9 Å². The van der Waals surface area contributed by atoms with Crippen molar-refractivity contribution in [2.75, 3.05) is 13.1 Å². The summed E-state index contributed by atoms with van der Waals surface area (Å²) in [5, 5.41) is 0. The van der Waals surface area contributed by atoms with Crippen LogP contribution in [0, 0.1) is 12.5 Å². The van der Waals surface area contributed by atoms with Gasteiger partial charge in [-0.3, -0.25) is 0 Å². The minimum atomic E-state index is -0.424. The molecule has 0 radical (unpaired) electrons. The number of piperidine rings is 1. The van der Waals surface area contributed by atoms with Crippen LogP contribution in [-0.2, 0) is 4.74 Å². The van der Waals surface area contributed by atoms with E-state index in [1.54, 1.807) is 4.90 Å². The highest BCUT2D eigenvalue weighted by Gasteiger charge is 2.28. The minimum Gasteiger partial charge on any atom is -0.444 e. The van der Waals surface area contributed by atoms with Crippen molar-refractivity contribution in [1.29, 1.82) is 0 Å². The molecule has 1 amide bonds. The highest BCUT2D eigenvalue weighted by molar-refractivity contribution is 5.68. The molecule has 0 aliphatic carbocycles. The molecule has 1 fully saturated rings. The Balaban J connectivity index is 2.35. The molecule has 4 heteroatoms. The minimum absolute atomic E-state index is 0.100. The fourth-order valence-electron chi connectivity index (χ4n) is 2.21. The van der Waals surface area contributed by atoms with Gasteiger partial charge in [0.15, 0.2) is 0 Å². The Kier molecular flexibility index (Phi) is 5.01. The number of hydrogen-bond donors (Lipinski definition) is 0. The van der Waals surface area contributed by atoms with Crippen molar-refractivity contribution in [2.45, 2.75) is 58.6 Å². The molecule has 4 nitrogen and oxygen atoms in total. The molecule has 0 bridgehead atoms. The van der Waals surface area contributed by atoms with E-state index in [2.05, 4.69) is 4.85 Å². The van der Waals surface area contributed by atoms with E-state index in [0.29, 0.717) is 5.92 Å². The molecular formula is C14H24N2O2. The molecular weight excluding hydrogens is 228 g/mol. The first-order valence-electron chi connectivity index (χ1n) is 6.66. The maximum Gasteiger partial charge on any atom is 0.410 e. The van der Waals surface area contributed by atoms with E-state index >= 15 is 0 Å². The summed E-state index contributed by atoms with van der Waals surface area (Å²) < 4.78 is 5.35. The molecule has 1 unspecified atom stereocenters. The number of ether oxygens (including phenoxy) is 1. The number of rotatable bonds is 2. The number of carbonyl (C=O) groups excluding carboxylic acids is 1. The summed E-state index contributed by atoms with van der Waals surface area (Å²) in [6.45, 7) is 16.1. The van der Waals surface area contributed by atoms with Crippen LogP contribution < -0.4 is 0 Å². The van der Waals surface area contributed by atoms with Gasteiger partial charge in [-0.25, -0.2) is 11.4 Å². The van der Waals surface area contributed by atoms with Crippen molar-refractivity contribution in [2.24, 2.45) is 5.92 Å². The third kappa shape index (κ3) is 4.95. The molecule has 1 aliphatic heterocycles. The van der Waals surface area contributed by atoms with Crippen molar-refractivity contribution in [3.63, 3.8) is 0 Å². The standard InChI is InChI=1S/C14H24N2O2/c1-11(15-5)10-12-6-8-16(9-7-12)13(17)18-14(2,3)4/h11-12H,6-10H2,1-4H3. The van der Waals surface area contributed by atoms with E-state index in [9.17, 15) is 4.79 Å². The van der Waals surface area contributed by atoms with Crippen LogP contribution in [0.3, 0.4) is 0 Å². The number of likely N-dealkylation sites (tertiary alicyclic amines) is 1. The maximum absolute atomic E-state index is 11.9. The smallest absolute Gasteiger partial charge is 0.410 e. The Labute approximate surface area is 110 Å². The van der Waals surface area contributed by atoms with Crippen LogP contribution >= 0.6 is 0 Å². The lowest BCUT2D eigenvalue weighted by Crippen LogP contribution is -2.42. The van der Waals surface area contributed by atoms with Gasteiger partial charge < -0.3 is 14.5 Å². The lowest BCUT2D eigenvalue weighted by atomic mass is 9.91. The van der Waals surface area contributed by atoms with E-state index < -0.39 is 5.60 Å². The Hall–Kier alpha value is -1.24. The molecule has 1 saturated heterocycles. The highest BCUT2D eigenvalue weighted by atomic mass is 16.6. The predicted octanol–water partition coefficient (Wildman–Crippen LogP) is 3.33. The van der Waals surface area contributed by atoms with E-state index in [1.807, 2.05) is 27.7 Å². The number of carbonyl (C=O) groups is 1. The van der Waals surface area contributed by atoms with Crippen LogP contribution in [0.1, 0.15) is 47.0 Å². The molecule has 0 N–H and O–H groups in total. The number of nitrogens with zero attached hydrogens (tertiary/aromatic N) is 2. The summed E-state index contributed by atoms with van der Waals surface area (Å²) in [5.74, 6) is 0.577. The van der Waals surface area contributed by atoms with Crippen molar-refractivity contribution in [3.8, 4) is 0 Å². The Morgan fingerprint density at radius 1 is 1.44 bits per heavy atom. The SMILES string of the molecule is [C-]#[N+]C(C)CC1CCN(C(=O)OC(C)(C)C)CC1. The summed E-state index contributed by atoms with van der Waals surface area (Å²) in [7, 11) is 0. The Bertz CT molecular complexity index is 320. The molecule has 0 aromatic rings. The summed E-state index contributed by atoms with van der Waals surface area (Å²) in [6, 6.07) is 0.100. The largest absolute Gasteiger partial charge is 0.444 e. The lowest BCUT2D eigenvalue weighted by Gasteiger charge is -2.33.